The summed E-state index contributed by atoms with van der Waals surface area (Å²) in [6.45, 7) is 8.30. The van der Waals surface area contributed by atoms with Crippen molar-refractivity contribution in [1.29, 1.82) is 0 Å². The van der Waals surface area contributed by atoms with Crippen LogP contribution in [0.5, 0.6) is 11.5 Å². The number of aryl methyl sites for hydroxylation is 1. The zero-order valence-electron chi connectivity index (χ0n) is 23.2. The molecule has 3 aromatic carbocycles. The molecule has 1 aromatic heterocycles. The summed E-state index contributed by atoms with van der Waals surface area (Å²) in [5, 5.41) is 3.57. The van der Waals surface area contributed by atoms with Crippen molar-refractivity contribution in [3.63, 3.8) is 0 Å². The zero-order chi connectivity index (χ0) is 28.4. The van der Waals surface area contributed by atoms with E-state index in [4.69, 9.17) is 18.6 Å². The van der Waals surface area contributed by atoms with Crippen LogP contribution in [0.2, 0.25) is 0 Å². The summed E-state index contributed by atoms with van der Waals surface area (Å²) in [5.74, 6) is -0.0934. The molecule has 5 rings (SSSR count). The Labute approximate surface area is 234 Å². The highest BCUT2D eigenvalue weighted by Crippen LogP contribution is 2.43. The van der Waals surface area contributed by atoms with Crippen molar-refractivity contribution < 1.29 is 29.6 Å². The van der Waals surface area contributed by atoms with Gasteiger partial charge in [0, 0.05) is 29.9 Å². The monoisotopic (exact) mass is 539 g/mol. The van der Waals surface area contributed by atoms with E-state index in [2.05, 4.69) is 32.2 Å². The summed E-state index contributed by atoms with van der Waals surface area (Å²) in [6.07, 6.45) is 4.91. The number of allylic oxidation sites excluding steroid dienone is 1. The first-order valence-corrected chi connectivity index (χ1v) is 13.0. The van der Waals surface area contributed by atoms with Crippen LogP contribution in [0.4, 0.5) is 5.69 Å². The van der Waals surface area contributed by atoms with Gasteiger partial charge in [-0.05, 0) is 75.2 Å². The van der Waals surface area contributed by atoms with E-state index in [0.29, 0.717) is 22.6 Å². The van der Waals surface area contributed by atoms with E-state index in [0.717, 1.165) is 39.1 Å². The van der Waals surface area contributed by atoms with Crippen molar-refractivity contribution in [2.75, 3.05) is 12.4 Å². The van der Waals surface area contributed by atoms with Crippen LogP contribution < -0.4 is 14.8 Å². The number of methoxy groups -OCH3 is 1. The summed E-state index contributed by atoms with van der Waals surface area (Å²) in [4.78, 5) is 25.4. The van der Waals surface area contributed by atoms with Crippen molar-refractivity contribution in [2.45, 2.75) is 39.8 Å². The van der Waals surface area contributed by atoms with Crippen LogP contribution in [0.3, 0.4) is 0 Å². The van der Waals surface area contributed by atoms with Gasteiger partial charge in [0.05, 0.1) is 30.0 Å². The molecule has 206 valence electrons. The molecule has 7 heteroatoms. The fourth-order valence-corrected chi connectivity index (χ4v) is 5.02. The van der Waals surface area contributed by atoms with Crippen LogP contribution in [0, 0.1) is 6.92 Å². The van der Waals surface area contributed by atoms with Gasteiger partial charge in [0.15, 0.2) is 0 Å². The fourth-order valence-electron chi connectivity index (χ4n) is 5.02. The molecular weight excluding hydrogens is 506 g/mol. The van der Waals surface area contributed by atoms with Crippen LogP contribution in [-0.4, -0.2) is 24.6 Å². The van der Waals surface area contributed by atoms with Gasteiger partial charge in [-0.1, -0.05) is 29.8 Å². The van der Waals surface area contributed by atoms with Crippen molar-refractivity contribution in [2.24, 2.45) is 0 Å². The minimum Gasteiger partial charge on any atom is -0.496 e. The van der Waals surface area contributed by atoms with Gasteiger partial charge in [-0.3, -0.25) is 0 Å². The Balaban J connectivity index is 0.00000387. The van der Waals surface area contributed by atoms with Crippen molar-refractivity contribution in [1.82, 2.24) is 0 Å². The second-order valence-corrected chi connectivity index (χ2v) is 10.4. The molecule has 1 aliphatic heterocycles. The lowest BCUT2D eigenvalue weighted by Crippen LogP contribution is -2.32. The molecular formula is C33H33NO6. The molecule has 2 heterocycles. The SMILES string of the molecule is COc1cc(OC(=O)c2ccoc2)ccc1-c1ccc2c(c1COC(=O)c1ccc(C)cc1)C(C)=CC(C)(C)N2.[HH]. The highest BCUT2D eigenvalue weighted by atomic mass is 16.5. The van der Waals surface area contributed by atoms with Crippen molar-refractivity contribution in [3.8, 4) is 22.6 Å². The highest BCUT2D eigenvalue weighted by molar-refractivity contribution is 5.92. The molecule has 0 fully saturated rings. The van der Waals surface area contributed by atoms with Gasteiger partial charge < -0.3 is 23.9 Å². The topological polar surface area (TPSA) is 87.0 Å². The van der Waals surface area contributed by atoms with Crippen LogP contribution >= 0.6 is 0 Å². The van der Waals surface area contributed by atoms with Crippen molar-refractivity contribution in [3.05, 3.63) is 107 Å². The number of rotatable bonds is 7. The molecule has 40 heavy (non-hydrogen) atoms. The number of furan rings is 1. The summed E-state index contributed by atoms with van der Waals surface area (Å²) < 4.78 is 22.1. The lowest BCUT2D eigenvalue weighted by Gasteiger charge is -2.33. The average molecular weight is 540 g/mol. The number of esters is 2. The van der Waals surface area contributed by atoms with E-state index in [1.54, 1.807) is 31.4 Å². The second-order valence-electron chi connectivity index (χ2n) is 10.4. The van der Waals surface area contributed by atoms with E-state index in [1.807, 2.05) is 37.3 Å². The molecule has 0 amide bonds. The Kier molecular flexibility index (Phi) is 7.22. The third-order valence-electron chi connectivity index (χ3n) is 6.81. The lowest BCUT2D eigenvalue weighted by molar-refractivity contribution is 0.0473. The lowest BCUT2D eigenvalue weighted by atomic mass is 9.85. The number of nitrogens with one attached hydrogen (secondary N) is 1. The molecule has 7 nitrogen and oxygen atoms in total. The van der Waals surface area contributed by atoms with Crippen LogP contribution in [-0.2, 0) is 11.3 Å². The molecule has 0 radical (unpaired) electrons. The molecule has 1 N–H and O–H groups in total. The number of anilines is 1. The van der Waals surface area contributed by atoms with Gasteiger partial charge in [0.2, 0.25) is 0 Å². The summed E-state index contributed by atoms with van der Waals surface area (Å²) in [6, 6.07) is 18.1. The Morgan fingerprint density at radius 3 is 2.38 bits per heavy atom. The Morgan fingerprint density at radius 2 is 1.68 bits per heavy atom. The van der Waals surface area contributed by atoms with Gasteiger partial charge in [-0.15, -0.1) is 0 Å². The zero-order valence-corrected chi connectivity index (χ0v) is 23.2. The number of hydrogen-bond acceptors (Lipinski definition) is 7. The first-order chi connectivity index (χ1) is 19.1. The van der Waals surface area contributed by atoms with Crippen LogP contribution in [0.25, 0.3) is 16.7 Å². The van der Waals surface area contributed by atoms with Gasteiger partial charge in [-0.25, -0.2) is 9.59 Å². The maximum atomic E-state index is 13.0. The fraction of sp³-hybridized carbons (Fsp3) is 0.212. The van der Waals surface area contributed by atoms with E-state index >= 15 is 0 Å². The minimum absolute atomic E-state index is 0. The minimum atomic E-state index is -0.532. The molecule has 0 unspecified atom stereocenters. The molecule has 0 saturated heterocycles. The van der Waals surface area contributed by atoms with Crippen LogP contribution in [0.1, 0.15) is 59.6 Å². The third-order valence-corrected chi connectivity index (χ3v) is 6.81. The Hall–Kier alpha value is -4.78. The second kappa shape index (κ2) is 10.8. The molecule has 0 saturated carbocycles. The van der Waals surface area contributed by atoms with Crippen LogP contribution in [0.15, 0.2) is 83.7 Å². The van der Waals surface area contributed by atoms with E-state index in [1.165, 1.54) is 18.6 Å². The van der Waals surface area contributed by atoms with Gasteiger partial charge in [-0.2, -0.15) is 0 Å². The van der Waals surface area contributed by atoms with Gasteiger partial charge in [0.1, 0.15) is 24.4 Å². The molecule has 0 spiro atoms. The highest BCUT2D eigenvalue weighted by Gasteiger charge is 2.27. The molecule has 0 bridgehead atoms. The summed E-state index contributed by atoms with van der Waals surface area (Å²) in [5.41, 5.74) is 7.11. The number of ether oxygens (including phenoxy) is 3. The molecule has 0 atom stereocenters. The molecule has 1 aliphatic rings. The number of benzene rings is 3. The van der Waals surface area contributed by atoms with Gasteiger partial charge in [0.25, 0.3) is 0 Å². The first kappa shape index (κ1) is 26.8. The molecule has 0 aliphatic carbocycles. The van der Waals surface area contributed by atoms with Gasteiger partial charge >= 0.3 is 11.9 Å². The predicted molar refractivity (Wildman–Crippen MR) is 156 cm³/mol. The largest absolute Gasteiger partial charge is 0.496 e. The maximum absolute atomic E-state index is 13.0. The number of hydrogen-bond donors (Lipinski definition) is 1. The smallest absolute Gasteiger partial charge is 0.346 e. The quantitative estimate of drug-likeness (QED) is 0.190. The Bertz CT molecular complexity index is 1600. The van der Waals surface area contributed by atoms with Crippen molar-refractivity contribution >= 4 is 23.2 Å². The number of carbonyl (C=O) groups is 2. The average Bonchev–Trinajstić information content (AvgIpc) is 3.46. The molecule has 4 aromatic rings. The number of fused-ring (bicyclic) bond motifs is 1. The maximum Gasteiger partial charge on any atom is 0.346 e. The normalized spacial score (nSPS) is 13.5. The van der Waals surface area contributed by atoms with E-state index in [9.17, 15) is 9.59 Å². The summed E-state index contributed by atoms with van der Waals surface area (Å²) >= 11 is 0. The summed E-state index contributed by atoms with van der Waals surface area (Å²) in [7, 11) is 1.56. The number of carbonyl (C=O) groups excluding carboxylic acids is 2. The third kappa shape index (κ3) is 5.50. The Morgan fingerprint density at radius 1 is 0.925 bits per heavy atom. The van der Waals surface area contributed by atoms with E-state index < -0.39 is 11.9 Å². The first-order valence-electron chi connectivity index (χ1n) is 13.0. The van der Waals surface area contributed by atoms with E-state index in [-0.39, 0.29) is 13.6 Å². The standard InChI is InChI=1S/C33H31NO6.H2/c1-20-6-8-22(9-7-20)31(35)39-19-27-25(12-13-28-30(27)21(2)17-33(3,4)34-28)26-11-10-24(16-29(26)37-5)40-32(36)23-14-15-38-18-23;/h6-18,34H,19H2,1-5H3;1H. The predicted octanol–water partition coefficient (Wildman–Crippen LogP) is 7.69.